The van der Waals surface area contributed by atoms with E-state index in [0.717, 1.165) is 12.1 Å². The molecule has 0 amide bonds. The van der Waals surface area contributed by atoms with Crippen molar-refractivity contribution in [2.45, 2.75) is 19.1 Å². The molecule has 2 aromatic rings. The summed E-state index contributed by atoms with van der Waals surface area (Å²) in [4.78, 5) is 3.99. The van der Waals surface area contributed by atoms with Crippen LogP contribution in [0.3, 0.4) is 0 Å². The minimum absolute atomic E-state index is 0.149. The highest BCUT2D eigenvalue weighted by molar-refractivity contribution is 5.53. The Kier molecular flexibility index (Phi) is 3.08. The molecule has 2 N–H and O–H groups in total. The van der Waals surface area contributed by atoms with Gasteiger partial charge in [0.15, 0.2) is 5.82 Å². The zero-order valence-electron chi connectivity index (χ0n) is 9.40. The molecule has 0 spiro atoms. The average Bonchev–Trinajstić information content (AvgIpc) is 2.77. The Balaban J connectivity index is 2.29. The maximum absolute atomic E-state index is 12.4. The third-order valence-electron chi connectivity index (χ3n) is 2.31. The van der Waals surface area contributed by atoms with Crippen LogP contribution in [-0.4, -0.2) is 10.1 Å². The Morgan fingerprint density at radius 2 is 1.83 bits per heavy atom. The topological polar surface area (TPSA) is 64.9 Å². The molecule has 1 aromatic heterocycles. The van der Waals surface area contributed by atoms with E-state index in [4.69, 9.17) is 10.3 Å². The Bertz CT molecular complexity index is 531. The molecule has 1 aromatic carbocycles. The van der Waals surface area contributed by atoms with Crippen LogP contribution < -0.4 is 5.73 Å². The predicted octanol–water partition coefficient (Wildman–Crippen LogP) is 2.78. The van der Waals surface area contributed by atoms with Crippen molar-refractivity contribution in [2.24, 2.45) is 5.73 Å². The first-order chi connectivity index (χ1) is 8.38. The number of nitrogens with two attached hydrogens (primary N) is 1. The SMILES string of the molecule is CC(N)c1noc(-c2ccc(C(F)(F)F)cc2)n1. The zero-order valence-corrected chi connectivity index (χ0v) is 9.40. The quantitative estimate of drug-likeness (QED) is 0.898. The lowest BCUT2D eigenvalue weighted by Crippen LogP contribution is -2.06. The normalized spacial score (nSPS) is 13.6. The second kappa shape index (κ2) is 4.41. The molecule has 2 rings (SSSR count). The molecule has 0 saturated carbocycles. The van der Waals surface area contributed by atoms with Crippen LogP contribution in [-0.2, 0) is 6.18 Å². The summed E-state index contributed by atoms with van der Waals surface area (Å²) in [7, 11) is 0. The molecule has 0 aliphatic carbocycles. The minimum Gasteiger partial charge on any atom is -0.334 e. The van der Waals surface area contributed by atoms with Gasteiger partial charge in [-0.25, -0.2) is 0 Å². The molecule has 0 radical (unpaired) electrons. The Morgan fingerprint density at radius 3 is 2.28 bits per heavy atom. The van der Waals surface area contributed by atoms with Gasteiger partial charge in [-0.15, -0.1) is 0 Å². The fourth-order valence-electron chi connectivity index (χ4n) is 1.34. The molecular formula is C11H10F3N3O. The molecule has 0 aliphatic heterocycles. The molecule has 0 saturated heterocycles. The van der Waals surface area contributed by atoms with Crippen LogP contribution in [0.5, 0.6) is 0 Å². The van der Waals surface area contributed by atoms with Crippen LogP contribution in [0, 0.1) is 0 Å². The van der Waals surface area contributed by atoms with Crippen molar-refractivity contribution < 1.29 is 17.7 Å². The fourth-order valence-corrected chi connectivity index (χ4v) is 1.34. The summed E-state index contributed by atoms with van der Waals surface area (Å²) in [6, 6.07) is 4.09. The Hall–Kier alpha value is -1.89. The smallest absolute Gasteiger partial charge is 0.334 e. The van der Waals surface area contributed by atoms with E-state index in [1.165, 1.54) is 12.1 Å². The van der Waals surface area contributed by atoms with E-state index in [-0.39, 0.29) is 5.89 Å². The number of benzene rings is 1. The third kappa shape index (κ3) is 2.51. The molecule has 1 atom stereocenters. The van der Waals surface area contributed by atoms with Gasteiger partial charge in [-0.1, -0.05) is 5.16 Å². The lowest BCUT2D eigenvalue weighted by atomic mass is 10.1. The molecule has 4 nitrogen and oxygen atoms in total. The van der Waals surface area contributed by atoms with Gasteiger partial charge >= 0.3 is 6.18 Å². The third-order valence-corrected chi connectivity index (χ3v) is 2.31. The maximum atomic E-state index is 12.4. The van der Waals surface area contributed by atoms with Crippen LogP contribution in [0.1, 0.15) is 24.4 Å². The summed E-state index contributed by atoms with van der Waals surface area (Å²) in [6.45, 7) is 1.68. The van der Waals surface area contributed by atoms with E-state index < -0.39 is 17.8 Å². The summed E-state index contributed by atoms with van der Waals surface area (Å²) >= 11 is 0. The van der Waals surface area contributed by atoms with Crippen LogP contribution in [0.15, 0.2) is 28.8 Å². The molecule has 7 heteroatoms. The van der Waals surface area contributed by atoms with Crippen molar-refractivity contribution in [3.8, 4) is 11.5 Å². The number of nitrogens with zero attached hydrogens (tertiary/aromatic N) is 2. The van der Waals surface area contributed by atoms with Crippen molar-refractivity contribution in [2.75, 3.05) is 0 Å². The van der Waals surface area contributed by atoms with Gasteiger partial charge in [-0.05, 0) is 31.2 Å². The summed E-state index contributed by atoms with van der Waals surface area (Å²) in [5.74, 6) is 0.459. The first kappa shape index (κ1) is 12.6. The second-order valence-electron chi connectivity index (χ2n) is 3.82. The van der Waals surface area contributed by atoms with E-state index in [1.54, 1.807) is 6.92 Å². The largest absolute Gasteiger partial charge is 0.416 e. The van der Waals surface area contributed by atoms with Gasteiger partial charge < -0.3 is 10.3 Å². The van der Waals surface area contributed by atoms with Gasteiger partial charge in [0.05, 0.1) is 11.6 Å². The van der Waals surface area contributed by atoms with E-state index in [0.29, 0.717) is 11.4 Å². The molecule has 18 heavy (non-hydrogen) atoms. The van der Waals surface area contributed by atoms with E-state index >= 15 is 0 Å². The maximum Gasteiger partial charge on any atom is 0.416 e. The van der Waals surface area contributed by atoms with Gasteiger partial charge in [0, 0.05) is 5.56 Å². The summed E-state index contributed by atoms with van der Waals surface area (Å²) in [5, 5.41) is 3.63. The van der Waals surface area contributed by atoms with E-state index in [1.807, 2.05) is 0 Å². The predicted molar refractivity (Wildman–Crippen MR) is 57.3 cm³/mol. The van der Waals surface area contributed by atoms with Crippen molar-refractivity contribution in [3.63, 3.8) is 0 Å². The van der Waals surface area contributed by atoms with Gasteiger partial charge in [0.25, 0.3) is 5.89 Å². The highest BCUT2D eigenvalue weighted by atomic mass is 19.4. The molecule has 96 valence electrons. The lowest BCUT2D eigenvalue weighted by Gasteiger charge is -2.05. The Morgan fingerprint density at radius 1 is 1.22 bits per heavy atom. The molecule has 0 fully saturated rings. The standard InChI is InChI=1S/C11H10F3N3O/c1-6(15)9-16-10(18-17-9)7-2-4-8(5-3-7)11(12,13)14/h2-6H,15H2,1H3. The van der Waals surface area contributed by atoms with Gasteiger partial charge in [0.1, 0.15) is 0 Å². The van der Waals surface area contributed by atoms with E-state index in [9.17, 15) is 13.2 Å². The van der Waals surface area contributed by atoms with Crippen molar-refractivity contribution >= 4 is 0 Å². The number of halogens is 3. The lowest BCUT2D eigenvalue weighted by molar-refractivity contribution is -0.137. The monoisotopic (exact) mass is 257 g/mol. The van der Waals surface area contributed by atoms with Crippen molar-refractivity contribution in [1.29, 1.82) is 0 Å². The van der Waals surface area contributed by atoms with Crippen molar-refractivity contribution in [1.82, 2.24) is 10.1 Å². The number of hydrogen-bond donors (Lipinski definition) is 1. The first-order valence-corrected chi connectivity index (χ1v) is 5.15. The van der Waals surface area contributed by atoms with Crippen molar-refractivity contribution in [3.05, 3.63) is 35.7 Å². The summed E-state index contributed by atoms with van der Waals surface area (Å²) in [6.07, 6.45) is -4.36. The van der Waals surface area contributed by atoms with Gasteiger partial charge in [-0.2, -0.15) is 18.2 Å². The summed E-state index contributed by atoms with van der Waals surface area (Å²) < 4.78 is 42.0. The zero-order chi connectivity index (χ0) is 13.3. The number of alkyl halides is 3. The van der Waals surface area contributed by atoms with Crippen LogP contribution in [0.25, 0.3) is 11.5 Å². The molecule has 0 aliphatic rings. The molecular weight excluding hydrogens is 247 g/mol. The first-order valence-electron chi connectivity index (χ1n) is 5.15. The number of hydrogen-bond acceptors (Lipinski definition) is 4. The van der Waals surface area contributed by atoms with Crippen LogP contribution in [0.4, 0.5) is 13.2 Å². The highest BCUT2D eigenvalue weighted by Gasteiger charge is 2.30. The van der Waals surface area contributed by atoms with E-state index in [2.05, 4.69) is 10.1 Å². The fraction of sp³-hybridized carbons (Fsp3) is 0.273. The summed E-state index contributed by atoms with van der Waals surface area (Å²) in [5.41, 5.74) is 5.25. The van der Waals surface area contributed by atoms with Crippen LogP contribution in [0.2, 0.25) is 0 Å². The molecule has 1 unspecified atom stereocenters. The number of aromatic nitrogens is 2. The van der Waals surface area contributed by atoms with Gasteiger partial charge in [-0.3, -0.25) is 0 Å². The Labute approximate surface area is 101 Å². The minimum atomic E-state index is -4.36. The highest BCUT2D eigenvalue weighted by Crippen LogP contribution is 2.30. The van der Waals surface area contributed by atoms with Crippen LogP contribution >= 0.6 is 0 Å². The number of rotatable bonds is 2. The average molecular weight is 257 g/mol. The molecule has 0 bridgehead atoms. The van der Waals surface area contributed by atoms with Gasteiger partial charge in [0.2, 0.25) is 0 Å². The second-order valence-corrected chi connectivity index (χ2v) is 3.82. The molecule has 1 heterocycles.